The van der Waals surface area contributed by atoms with Crippen molar-refractivity contribution in [2.24, 2.45) is 0 Å². The van der Waals surface area contributed by atoms with Gasteiger partial charge in [0.05, 0.1) is 4.92 Å². The molecule has 0 atom stereocenters. The topological polar surface area (TPSA) is 120 Å². The molecule has 9 heteroatoms. The fourth-order valence-corrected chi connectivity index (χ4v) is 2.17. The van der Waals surface area contributed by atoms with Crippen molar-refractivity contribution < 1.29 is 24.0 Å². The van der Waals surface area contributed by atoms with Gasteiger partial charge in [-0.3, -0.25) is 19.7 Å². The minimum absolute atomic E-state index is 0.106. The van der Waals surface area contributed by atoms with Crippen LogP contribution in [0.25, 0.3) is 0 Å². The number of hydrogen-bond donors (Lipinski definition) is 2. The van der Waals surface area contributed by atoms with E-state index in [0.717, 1.165) is 5.56 Å². The monoisotopic (exact) mass is 343 g/mol. The molecule has 128 valence electrons. The number of nitro groups is 1. The summed E-state index contributed by atoms with van der Waals surface area (Å²) in [5, 5.41) is 15.4. The number of amides is 2. The summed E-state index contributed by atoms with van der Waals surface area (Å²) in [6.07, 6.45) is 0. The summed E-state index contributed by atoms with van der Waals surface area (Å²) < 4.78 is 10.4. The van der Waals surface area contributed by atoms with Crippen molar-refractivity contribution in [3.8, 4) is 11.5 Å². The fourth-order valence-electron chi connectivity index (χ4n) is 2.17. The molecule has 1 aliphatic rings. The lowest BCUT2D eigenvalue weighted by Crippen LogP contribution is -2.34. The lowest BCUT2D eigenvalue weighted by molar-refractivity contribution is -0.384. The predicted molar refractivity (Wildman–Crippen MR) is 86.1 cm³/mol. The van der Waals surface area contributed by atoms with Crippen molar-refractivity contribution in [1.29, 1.82) is 0 Å². The number of fused-ring (bicyclic) bond motifs is 1. The molecule has 25 heavy (non-hydrogen) atoms. The molecule has 2 aromatic carbocycles. The number of nitrogens with zero attached hydrogens (tertiary/aromatic N) is 1. The molecule has 0 saturated heterocycles. The second-order valence-corrected chi connectivity index (χ2v) is 5.13. The number of ether oxygens (including phenoxy) is 2. The number of anilines is 1. The van der Waals surface area contributed by atoms with E-state index in [9.17, 15) is 19.7 Å². The second-order valence-electron chi connectivity index (χ2n) is 5.13. The first kappa shape index (κ1) is 16.2. The van der Waals surface area contributed by atoms with Crippen molar-refractivity contribution in [3.63, 3.8) is 0 Å². The molecule has 0 unspecified atom stereocenters. The minimum atomic E-state index is -0.866. The maximum absolute atomic E-state index is 11.8. The van der Waals surface area contributed by atoms with Crippen LogP contribution < -0.4 is 20.1 Å². The lowest BCUT2D eigenvalue weighted by atomic mass is 10.2. The molecule has 3 rings (SSSR count). The summed E-state index contributed by atoms with van der Waals surface area (Å²) in [6.45, 7) is 0.298. The number of hydrogen-bond acceptors (Lipinski definition) is 6. The molecule has 0 fully saturated rings. The molecule has 1 aliphatic heterocycles. The van der Waals surface area contributed by atoms with Crippen molar-refractivity contribution >= 4 is 23.2 Å². The van der Waals surface area contributed by atoms with E-state index in [1.54, 1.807) is 18.2 Å². The Balaban J connectivity index is 1.54. The predicted octanol–water partition coefficient (Wildman–Crippen LogP) is 1.58. The van der Waals surface area contributed by atoms with Crippen LogP contribution in [0, 0.1) is 10.1 Å². The van der Waals surface area contributed by atoms with Crippen molar-refractivity contribution in [3.05, 3.63) is 58.1 Å². The van der Waals surface area contributed by atoms with Crippen molar-refractivity contribution in [1.82, 2.24) is 5.32 Å². The summed E-state index contributed by atoms with van der Waals surface area (Å²) in [7, 11) is 0. The molecule has 0 aromatic heterocycles. The Hall–Kier alpha value is -3.62. The van der Waals surface area contributed by atoms with Crippen molar-refractivity contribution in [2.45, 2.75) is 6.54 Å². The van der Waals surface area contributed by atoms with Gasteiger partial charge in [0.25, 0.3) is 5.69 Å². The fraction of sp³-hybridized carbons (Fsp3) is 0.125. The van der Waals surface area contributed by atoms with E-state index in [-0.39, 0.29) is 24.7 Å². The number of nitrogens with one attached hydrogen (secondary N) is 2. The smallest absolute Gasteiger partial charge is 0.313 e. The van der Waals surface area contributed by atoms with Gasteiger partial charge in [0.15, 0.2) is 11.5 Å². The zero-order valence-corrected chi connectivity index (χ0v) is 12.9. The van der Waals surface area contributed by atoms with E-state index in [1.165, 1.54) is 24.3 Å². The summed E-state index contributed by atoms with van der Waals surface area (Å²) in [4.78, 5) is 33.7. The average Bonchev–Trinajstić information content (AvgIpc) is 3.07. The van der Waals surface area contributed by atoms with Gasteiger partial charge in [0.2, 0.25) is 6.79 Å². The summed E-state index contributed by atoms with van der Waals surface area (Å²) in [5.74, 6) is -0.473. The van der Waals surface area contributed by atoms with Gasteiger partial charge < -0.3 is 20.1 Å². The van der Waals surface area contributed by atoms with Gasteiger partial charge in [-0.2, -0.15) is 0 Å². The number of benzene rings is 2. The van der Waals surface area contributed by atoms with Crippen molar-refractivity contribution in [2.75, 3.05) is 12.1 Å². The Bertz CT molecular complexity index is 834. The number of nitro benzene ring substituents is 1. The number of carbonyl (C=O) groups is 2. The van der Waals surface area contributed by atoms with Gasteiger partial charge in [-0.15, -0.1) is 0 Å². The van der Waals surface area contributed by atoms with Gasteiger partial charge in [-0.05, 0) is 29.8 Å². The molecule has 0 saturated carbocycles. The Morgan fingerprint density at radius 3 is 2.48 bits per heavy atom. The molecule has 0 radical (unpaired) electrons. The lowest BCUT2D eigenvalue weighted by Gasteiger charge is -2.07. The third-order valence-electron chi connectivity index (χ3n) is 3.43. The van der Waals surface area contributed by atoms with Crippen LogP contribution in [-0.4, -0.2) is 23.5 Å². The Kier molecular flexibility index (Phi) is 4.46. The van der Waals surface area contributed by atoms with Crippen LogP contribution in [0.15, 0.2) is 42.5 Å². The van der Waals surface area contributed by atoms with E-state index in [4.69, 9.17) is 9.47 Å². The highest BCUT2D eigenvalue weighted by molar-refractivity contribution is 6.39. The highest BCUT2D eigenvalue weighted by Gasteiger charge is 2.16. The van der Waals surface area contributed by atoms with Gasteiger partial charge >= 0.3 is 11.8 Å². The third-order valence-corrected chi connectivity index (χ3v) is 3.43. The van der Waals surface area contributed by atoms with Crippen LogP contribution in [0.3, 0.4) is 0 Å². The Labute approximate surface area is 141 Å². The second kappa shape index (κ2) is 6.87. The highest BCUT2D eigenvalue weighted by Crippen LogP contribution is 2.32. The number of rotatable bonds is 4. The Morgan fingerprint density at radius 2 is 1.76 bits per heavy atom. The molecule has 2 aromatic rings. The van der Waals surface area contributed by atoms with Crippen LogP contribution in [0.4, 0.5) is 11.4 Å². The van der Waals surface area contributed by atoms with Crippen LogP contribution >= 0.6 is 0 Å². The van der Waals surface area contributed by atoms with Gasteiger partial charge in [0, 0.05) is 24.4 Å². The molecule has 2 amide bonds. The standard InChI is InChI=1S/C16H13N3O6/c20-15(16(21)18-11-2-4-12(5-3-11)19(22)23)17-8-10-1-6-13-14(7-10)25-9-24-13/h1-7H,8-9H2,(H,17,20)(H,18,21). The average molecular weight is 343 g/mol. The normalized spacial score (nSPS) is 11.7. The van der Waals surface area contributed by atoms with E-state index in [0.29, 0.717) is 11.5 Å². The van der Waals surface area contributed by atoms with E-state index in [2.05, 4.69) is 10.6 Å². The summed E-state index contributed by atoms with van der Waals surface area (Å²) in [6, 6.07) is 10.4. The first-order chi connectivity index (χ1) is 12.0. The number of non-ortho nitro benzene ring substituents is 1. The molecule has 2 N–H and O–H groups in total. The molecular weight excluding hydrogens is 330 g/mol. The summed E-state index contributed by atoms with van der Waals surface area (Å²) in [5.41, 5.74) is 0.930. The SMILES string of the molecule is O=C(NCc1ccc2c(c1)OCO2)C(=O)Nc1ccc([N+](=O)[O-])cc1. The molecule has 0 spiro atoms. The van der Waals surface area contributed by atoms with Crippen LogP contribution in [0.2, 0.25) is 0 Å². The zero-order chi connectivity index (χ0) is 17.8. The largest absolute Gasteiger partial charge is 0.454 e. The zero-order valence-electron chi connectivity index (χ0n) is 12.9. The van der Waals surface area contributed by atoms with Crippen LogP contribution in [-0.2, 0) is 16.1 Å². The van der Waals surface area contributed by atoms with Gasteiger partial charge in [-0.1, -0.05) is 6.07 Å². The van der Waals surface area contributed by atoms with Gasteiger partial charge in [0.1, 0.15) is 0 Å². The van der Waals surface area contributed by atoms with Gasteiger partial charge in [-0.25, -0.2) is 0 Å². The van der Waals surface area contributed by atoms with E-state index >= 15 is 0 Å². The molecular formula is C16H13N3O6. The molecule has 1 heterocycles. The summed E-state index contributed by atoms with van der Waals surface area (Å²) >= 11 is 0. The first-order valence-electron chi connectivity index (χ1n) is 7.25. The maximum atomic E-state index is 11.8. The van der Waals surface area contributed by atoms with E-state index < -0.39 is 16.7 Å². The maximum Gasteiger partial charge on any atom is 0.313 e. The minimum Gasteiger partial charge on any atom is -0.454 e. The quantitative estimate of drug-likeness (QED) is 0.494. The van der Waals surface area contributed by atoms with Crippen LogP contribution in [0.1, 0.15) is 5.56 Å². The Morgan fingerprint density at radius 1 is 1.04 bits per heavy atom. The van der Waals surface area contributed by atoms with Crippen LogP contribution in [0.5, 0.6) is 11.5 Å². The van der Waals surface area contributed by atoms with E-state index in [1.807, 2.05) is 0 Å². The molecule has 0 aliphatic carbocycles. The third kappa shape index (κ3) is 3.83. The highest BCUT2D eigenvalue weighted by atomic mass is 16.7. The molecule has 0 bridgehead atoms. The number of carbonyl (C=O) groups excluding carboxylic acids is 2. The first-order valence-corrected chi connectivity index (χ1v) is 7.25. The molecule has 9 nitrogen and oxygen atoms in total.